The van der Waals surface area contributed by atoms with Crippen molar-refractivity contribution in [2.24, 2.45) is 5.92 Å². The molecule has 0 aromatic carbocycles. The van der Waals surface area contributed by atoms with Crippen LogP contribution >= 0.6 is 0 Å². The zero-order valence-corrected chi connectivity index (χ0v) is 16.7. The van der Waals surface area contributed by atoms with E-state index in [1.807, 2.05) is 35.6 Å². The molecular formula is C21H21FN8O. The first-order valence-electron chi connectivity index (χ1n) is 10.3. The summed E-state index contributed by atoms with van der Waals surface area (Å²) in [7, 11) is 0. The van der Waals surface area contributed by atoms with Crippen LogP contribution < -0.4 is 10.3 Å². The molecule has 4 aromatic heterocycles. The fraction of sp³-hybridized carbons (Fsp3) is 0.333. The number of rotatable bonds is 5. The Morgan fingerprint density at radius 2 is 2.23 bits per heavy atom. The topological polar surface area (TPSA) is 99.0 Å². The van der Waals surface area contributed by atoms with Gasteiger partial charge in [-0.3, -0.25) is 0 Å². The maximum atomic E-state index is 14.2. The van der Waals surface area contributed by atoms with Crippen molar-refractivity contribution in [1.82, 2.24) is 35.4 Å². The molecule has 2 N–H and O–H groups in total. The van der Waals surface area contributed by atoms with Crippen LogP contribution in [0, 0.1) is 5.92 Å². The van der Waals surface area contributed by atoms with Gasteiger partial charge in [-0.15, -0.1) is 0 Å². The second kappa shape index (κ2) is 7.31. The third-order valence-electron chi connectivity index (χ3n) is 6.12. The summed E-state index contributed by atoms with van der Waals surface area (Å²) >= 11 is 0. The molecule has 6 rings (SSSR count). The largest absolute Gasteiger partial charge is 0.404 e. The van der Waals surface area contributed by atoms with E-state index in [1.54, 1.807) is 12.5 Å². The predicted molar refractivity (Wildman–Crippen MR) is 114 cm³/mol. The maximum Gasteiger partial charge on any atom is 0.299 e. The Morgan fingerprint density at radius 1 is 1.26 bits per heavy atom. The lowest BCUT2D eigenvalue weighted by molar-refractivity contribution is 0.137. The summed E-state index contributed by atoms with van der Waals surface area (Å²) in [5.41, 5.74) is 7.27. The van der Waals surface area contributed by atoms with Gasteiger partial charge in [0.05, 0.1) is 11.7 Å². The minimum absolute atomic E-state index is 0.133. The van der Waals surface area contributed by atoms with Gasteiger partial charge in [0.2, 0.25) is 5.71 Å². The fourth-order valence-corrected chi connectivity index (χ4v) is 4.52. The van der Waals surface area contributed by atoms with E-state index in [4.69, 9.17) is 4.42 Å². The van der Waals surface area contributed by atoms with Gasteiger partial charge in [0, 0.05) is 55.1 Å². The van der Waals surface area contributed by atoms with Crippen molar-refractivity contribution in [3.8, 4) is 0 Å². The smallest absolute Gasteiger partial charge is 0.299 e. The van der Waals surface area contributed by atoms with Crippen LogP contribution in [0.4, 0.5) is 10.4 Å². The van der Waals surface area contributed by atoms with Crippen molar-refractivity contribution in [3.05, 3.63) is 48.8 Å². The highest BCUT2D eigenvalue weighted by atomic mass is 19.1. The first-order chi connectivity index (χ1) is 15.3. The van der Waals surface area contributed by atoms with Gasteiger partial charge in [-0.1, -0.05) is 0 Å². The maximum absolute atomic E-state index is 14.2. The van der Waals surface area contributed by atoms with Crippen molar-refractivity contribution >= 4 is 33.9 Å². The third-order valence-corrected chi connectivity index (χ3v) is 6.12. The van der Waals surface area contributed by atoms with E-state index in [1.165, 1.54) is 0 Å². The molecule has 0 aliphatic carbocycles. The number of nitrogens with one attached hydrogen (secondary N) is 2. The monoisotopic (exact) mass is 420 g/mol. The summed E-state index contributed by atoms with van der Waals surface area (Å²) in [6, 6.07) is 5.94. The van der Waals surface area contributed by atoms with Crippen LogP contribution in [0.15, 0.2) is 47.5 Å². The molecule has 2 atom stereocenters. The lowest BCUT2D eigenvalue weighted by Gasteiger charge is -2.30. The van der Waals surface area contributed by atoms with Gasteiger partial charge >= 0.3 is 0 Å². The van der Waals surface area contributed by atoms with Crippen LogP contribution in [-0.2, 0) is 0 Å². The molecule has 2 unspecified atom stereocenters. The number of hydrogen-bond acceptors (Lipinski definition) is 8. The Bertz CT molecular complexity index is 1230. The molecule has 158 valence electrons. The fourth-order valence-electron chi connectivity index (χ4n) is 4.52. The Morgan fingerprint density at radius 3 is 3.13 bits per heavy atom. The van der Waals surface area contributed by atoms with Crippen LogP contribution in [-0.4, -0.2) is 62.3 Å². The highest BCUT2D eigenvalue weighted by molar-refractivity contribution is 5.88. The van der Waals surface area contributed by atoms with Crippen molar-refractivity contribution in [2.75, 3.05) is 31.2 Å². The minimum Gasteiger partial charge on any atom is -0.404 e. The SMILES string of the molecule is FCC(C1CCN(c2nc3cccnc3o2)C1)N1C=C(c2ncnc3[nH]ccc23)CN1. The number of hydrazine groups is 1. The van der Waals surface area contributed by atoms with Crippen LogP contribution in [0.1, 0.15) is 12.1 Å². The molecule has 1 fully saturated rings. The number of alkyl halides is 1. The zero-order chi connectivity index (χ0) is 20.8. The first-order valence-corrected chi connectivity index (χ1v) is 10.3. The lowest BCUT2D eigenvalue weighted by atomic mass is 9.99. The molecule has 10 heteroatoms. The van der Waals surface area contributed by atoms with Gasteiger partial charge in [0.15, 0.2) is 0 Å². The van der Waals surface area contributed by atoms with E-state index < -0.39 is 6.67 Å². The van der Waals surface area contributed by atoms with Crippen molar-refractivity contribution in [3.63, 3.8) is 0 Å². The first kappa shape index (κ1) is 18.3. The molecule has 31 heavy (non-hydrogen) atoms. The molecule has 0 amide bonds. The highest BCUT2D eigenvalue weighted by Gasteiger charge is 2.36. The van der Waals surface area contributed by atoms with E-state index in [2.05, 4.69) is 35.2 Å². The molecule has 9 nitrogen and oxygen atoms in total. The number of aromatic amines is 1. The minimum atomic E-state index is -0.451. The molecule has 0 bridgehead atoms. The number of anilines is 1. The molecule has 1 saturated heterocycles. The third kappa shape index (κ3) is 3.10. The number of aromatic nitrogens is 5. The van der Waals surface area contributed by atoms with Crippen LogP contribution in [0.2, 0.25) is 0 Å². The Balaban J connectivity index is 1.21. The van der Waals surface area contributed by atoms with E-state index in [0.717, 1.165) is 40.8 Å². The van der Waals surface area contributed by atoms with E-state index in [-0.39, 0.29) is 12.0 Å². The second-order valence-electron chi connectivity index (χ2n) is 7.90. The zero-order valence-electron chi connectivity index (χ0n) is 16.7. The summed E-state index contributed by atoms with van der Waals surface area (Å²) in [4.78, 5) is 22.6. The van der Waals surface area contributed by atoms with Gasteiger partial charge in [-0.25, -0.2) is 24.8 Å². The normalized spacial score (nSPS) is 20.2. The predicted octanol–water partition coefficient (Wildman–Crippen LogP) is 2.52. The van der Waals surface area contributed by atoms with Gasteiger partial charge in [0.1, 0.15) is 24.2 Å². The van der Waals surface area contributed by atoms with Crippen molar-refractivity contribution in [2.45, 2.75) is 12.5 Å². The van der Waals surface area contributed by atoms with E-state index >= 15 is 0 Å². The highest BCUT2D eigenvalue weighted by Crippen LogP contribution is 2.31. The van der Waals surface area contributed by atoms with Gasteiger partial charge < -0.3 is 19.3 Å². The average molecular weight is 420 g/mol. The molecule has 2 aliphatic heterocycles. The number of nitrogens with zero attached hydrogens (tertiary/aromatic N) is 6. The summed E-state index contributed by atoms with van der Waals surface area (Å²) in [6.45, 7) is 1.60. The molecule has 0 radical (unpaired) electrons. The van der Waals surface area contributed by atoms with E-state index in [9.17, 15) is 4.39 Å². The van der Waals surface area contributed by atoms with Crippen molar-refractivity contribution < 1.29 is 8.81 Å². The van der Waals surface area contributed by atoms with E-state index in [0.29, 0.717) is 24.8 Å². The molecule has 4 aromatic rings. The quantitative estimate of drug-likeness (QED) is 0.508. The molecule has 6 heterocycles. The Labute approximate surface area is 177 Å². The van der Waals surface area contributed by atoms with Gasteiger partial charge in [-0.05, 0) is 24.6 Å². The van der Waals surface area contributed by atoms with Crippen LogP contribution in [0.25, 0.3) is 27.8 Å². The molecule has 0 spiro atoms. The average Bonchev–Trinajstić information content (AvgIpc) is 3.59. The van der Waals surface area contributed by atoms with Crippen LogP contribution in [0.5, 0.6) is 0 Å². The van der Waals surface area contributed by atoms with Crippen LogP contribution in [0.3, 0.4) is 0 Å². The molecular weight excluding hydrogens is 399 g/mol. The van der Waals surface area contributed by atoms with Gasteiger partial charge in [-0.2, -0.15) is 4.98 Å². The summed E-state index contributed by atoms with van der Waals surface area (Å²) in [5.74, 6) is 0.133. The molecule has 2 aliphatic rings. The Hall–Kier alpha value is -3.53. The lowest BCUT2D eigenvalue weighted by Crippen LogP contribution is -2.45. The number of H-pyrrole nitrogens is 1. The summed E-state index contributed by atoms with van der Waals surface area (Å²) in [5, 5.41) is 2.86. The number of pyridine rings is 1. The summed E-state index contributed by atoms with van der Waals surface area (Å²) < 4.78 is 20.0. The summed E-state index contributed by atoms with van der Waals surface area (Å²) in [6.07, 6.45) is 7.92. The molecule has 0 saturated carbocycles. The standard InChI is InChI=1S/C21H21FN8O/c22-8-17(13-4-7-29(10-13)21-28-16-2-1-5-24-20(16)31-21)30-11-14(9-27-30)18-15-3-6-23-19(15)26-12-25-18/h1-3,5-6,11-13,17,27H,4,7-10H2,(H,23,25,26). The Kier molecular flexibility index (Phi) is 4.30. The second-order valence-corrected chi connectivity index (χ2v) is 7.90. The number of hydrogen-bond donors (Lipinski definition) is 2. The number of fused-ring (bicyclic) bond motifs is 2. The van der Waals surface area contributed by atoms with Gasteiger partial charge in [0.25, 0.3) is 6.01 Å². The number of halogens is 1. The van der Waals surface area contributed by atoms with Crippen molar-refractivity contribution in [1.29, 1.82) is 0 Å². The number of oxazole rings is 1.